The Hall–Kier alpha value is -2.73. The molecular weight excluding hydrogens is 333 g/mol. The predicted octanol–water partition coefficient (Wildman–Crippen LogP) is 3.07. The number of ether oxygens (including phenoxy) is 1. The fourth-order valence-electron chi connectivity index (χ4n) is 3.31. The van der Waals surface area contributed by atoms with Gasteiger partial charge >= 0.3 is 0 Å². The maximum Gasteiger partial charge on any atom is 0.226 e. The van der Waals surface area contributed by atoms with E-state index in [1.54, 1.807) is 18.5 Å². The molecule has 0 radical (unpaired) electrons. The van der Waals surface area contributed by atoms with E-state index in [0.717, 1.165) is 23.0 Å². The van der Waals surface area contributed by atoms with E-state index in [1.807, 2.05) is 28.8 Å². The van der Waals surface area contributed by atoms with Gasteiger partial charge in [-0.25, -0.2) is 9.37 Å². The Labute approximate surface area is 150 Å². The summed E-state index contributed by atoms with van der Waals surface area (Å²) in [6.07, 6.45) is 2.50. The minimum Gasteiger partial charge on any atom is -0.381 e. The maximum atomic E-state index is 13.3. The van der Waals surface area contributed by atoms with Crippen LogP contribution >= 0.6 is 0 Å². The lowest BCUT2D eigenvalue weighted by atomic mass is 10.0. The average Bonchev–Trinajstić information content (AvgIpc) is 3.32. The summed E-state index contributed by atoms with van der Waals surface area (Å²) in [6.45, 7) is 1.59. The number of hydrogen-bond acceptors (Lipinski definition) is 3. The zero-order valence-electron chi connectivity index (χ0n) is 14.3. The van der Waals surface area contributed by atoms with Gasteiger partial charge in [0.25, 0.3) is 0 Å². The van der Waals surface area contributed by atoms with Gasteiger partial charge in [-0.15, -0.1) is 0 Å². The molecule has 1 aliphatic heterocycles. The largest absolute Gasteiger partial charge is 0.381 e. The molecule has 1 aromatic heterocycles. The molecule has 5 nitrogen and oxygen atoms in total. The highest BCUT2D eigenvalue weighted by atomic mass is 19.1. The number of aromatic nitrogens is 2. The van der Waals surface area contributed by atoms with E-state index in [4.69, 9.17) is 4.74 Å². The van der Waals surface area contributed by atoms with Crippen molar-refractivity contribution in [3.63, 3.8) is 0 Å². The van der Waals surface area contributed by atoms with Crippen molar-refractivity contribution in [3.05, 3.63) is 66.2 Å². The van der Waals surface area contributed by atoms with Crippen molar-refractivity contribution in [2.45, 2.75) is 19.0 Å². The zero-order valence-corrected chi connectivity index (χ0v) is 14.3. The number of imidazole rings is 1. The predicted molar refractivity (Wildman–Crippen MR) is 95.9 cm³/mol. The second kappa shape index (κ2) is 7.25. The molecule has 0 bridgehead atoms. The smallest absolute Gasteiger partial charge is 0.226 e. The Bertz CT molecular complexity index is 901. The lowest BCUT2D eigenvalue weighted by Crippen LogP contribution is -2.36. The minimum absolute atomic E-state index is 0.0266. The van der Waals surface area contributed by atoms with Gasteiger partial charge in [-0.1, -0.05) is 24.3 Å². The van der Waals surface area contributed by atoms with E-state index in [2.05, 4.69) is 10.3 Å². The quantitative estimate of drug-likeness (QED) is 0.767. The number of para-hydroxylation sites is 2. The average molecular weight is 353 g/mol. The Morgan fingerprint density at radius 2 is 2.08 bits per heavy atom. The number of rotatable bonds is 5. The lowest BCUT2D eigenvalue weighted by Gasteiger charge is -2.22. The summed E-state index contributed by atoms with van der Waals surface area (Å²) in [5.41, 5.74) is 2.76. The third kappa shape index (κ3) is 3.46. The molecule has 1 fully saturated rings. The summed E-state index contributed by atoms with van der Waals surface area (Å²) in [4.78, 5) is 17.0. The lowest BCUT2D eigenvalue weighted by molar-refractivity contribution is -0.125. The van der Waals surface area contributed by atoms with Gasteiger partial charge in [0.2, 0.25) is 5.91 Å². The molecule has 1 N–H and O–H groups in total. The SMILES string of the molecule is O=C(N[C@H](Cn1cnc2ccccc21)c1ccc(F)cc1)[C@@H]1CCOC1. The molecule has 2 atom stereocenters. The summed E-state index contributed by atoms with van der Waals surface area (Å²) in [6, 6.07) is 13.8. The summed E-state index contributed by atoms with van der Waals surface area (Å²) >= 11 is 0. The van der Waals surface area contributed by atoms with Crippen LogP contribution < -0.4 is 5.32 Å². The molecule has 4 rings (SSSR count). The van der Waals surface area contributed by atoms with Crippen LogP contribution in [0.2, 0.25) is 0 Å². The summed E-state index contributed by atoms with van der Waals surface area (Å²) in [7, 11) is 0. The minimum atomic E-state index is -0.295. The second-order valence-corrected chi connectivity index (χ2v) is 6.56. The molecule has 26 heavy (non-hydrogen) atoms. The van der Waals surface area contributed by atoms with Crippen molar-refractivity contribution in [1.82, 2.24) is 14.9 Å². The van der Waals surface area contributed by atoms with Crippen molar-refractivity contribution < 1.29 is 13.9 Å². The highest BCUT2D eigenvalue weighted by molar-refractivity contribution is 5.79. The van der Waals surface area contributed by atoms with Crippen molar-refractivity contribution in [2.75, 3.05) is 13.2 Å². The fourth-order valence-corrected chi connectivity index (χ4v) is 3.31. The molecular formula is C20H20FN3O2. The third-order valence-corrected chi connectivity index (χ3v) is 4.80. The molecule has 0 aliphatic carbocycles. The van der Waals surface area contributed by atoms with Crippen LogP contribution in [0.25, 0.3) is 11.0 Å². The molecule has 0 unspecified atom stereocenters. The van der Waals surface area contributed by atoms with E-state index in [0.29, 0.717) is 19.8 Å². The van der Waals surface area contributed by atoms with Crippen LogP contribution in [0.3, 0.4) is 0 Å². The van der Waals surface area contributed by atoms with Crippen molar-refractivity contribution in [3.8, 4) is 0 Å². The number of benzene rings is 2. The van der Waals surface area contributed by atoms with Crippen LogP contribution in [0, 0.1) is 11.7 Å². The molecule has 0 spiro atoms. The monoisotopic (exact) mass is 353 g/mol. The van der Waals surface area contributed by atoms with E-state index in [1.165, 1.54) is 12.1 Å². The van der Waals surface area contributed by atoms with Crippen molar-refractivity contribution in [1.29, 1.82) is 0 Å². The Morgan fingerprint density at radius 3 is 2.85 bits per heavy atom. The van der Waals surface area contributed by atoms with Gasteiger partial charge in [-0.05, 0) is 36.2 Å². The highest BCUT2D eigenvalue weighted by Crippen LogP contribution is 2.21. The molecule has 1 aliphatic rings. The first-order chi connectivity index (χ1) is 12.7. The number of hydrogen-bond donors (Lipinski definition) is 1. The summed E-state index contributed by atoms with van der Waals surface area (Å²) < 4.78 is 20.7. The van der Waals surface area contributed by atoms with Crippen LogP contribution in [-0.2, 0) is 16.1 Å². The second-order valence-electron chi connectivity index (χ2n) is 6.56. The molecule has 0 saturated carbocycles. The van der Waals surface area contributed by atoms with Gasteiger partial charge in [-0.2, -0.15) is 0 Å². The fraction of sp³-hybridized carbons (Fsp3) is 0.300. The van der Waals surface area contributed by atoms with Gasteiger partial charge in [0.05, 0.1) is 35.9 Å². The van der Waals surface area contributed by atoms with Crippen LogP contribution in [-0.4, -0.2) is 28.7 Å². The molecule has 3 aromatic rings. The molecule has 6 heteroatoms. The number of carbonyl (C=O) groups excluding carboxylic acids is 1. The first-order valence-electron chi connectivity index (χ1n) is 8.74. The molecule has 2 heterocycles. The molecule has 1 saturated heterocycles. The molecule has 1 amide bonds. The Kier molecular flexibility index (Phi) is 4.67. The Morgan fingerprint density at radius 1 is 1.27 bits per heavy atom. The number of fused-ring (bicyclic) bond motifs is 1. The third-order valence-electron chi connectivity index (χ3n) is 4.80. The van der Waals surface area contributed by atoms with E-state index >= 15 is 0 Å². The summed E-state index contributed by atoms with van der Waals surface area (Å²) in [5.74, 6) is -0.449. The first kappa shape index (κ1) is 16.7. The first-order valence-corrected chi connectivity index (χ1v) is 8.74. The van der Waals surface area contributed by atoms with E-state index in [-0.39, 0.29) is 23.7 Å². The topological polar surface area (TPSA) is 56.2 Å². The van der Waals surface area contributed by atoms with E-state index in [9.17, 15) is 9.18 Å². The molecule has 134 valence electrons. The van der Waals surface area contributed by atoms with Crippen LogP contribution in [0.1, 0.15) is 18.0 Å². The van der Waals surface area contributed by atoms with Gasteiger partial charge in [0.1, 0.15) is 5.82 Å². The normalized spacial score (nSPS) is 18.1. The van der Waals surface area contributed by atoms with Crippen LogP contribution in [0.4, 0.5) is 4.39 Å². The van der Waals surface area contributed by atoms with E-state index < -0.39 is 0 Å². The number of amides is 1. The Balaban J connectivity index is 1.61. The molecule has 2 aromatic carbocycles. The zero-order chi connectivity index (χ0) is 17.9. The van der Waals surface area contributed by atoms with Gasteiger partial charge in [0, 0.05) is 13.2 Å². The van der Waals surface area contributed by atoms with Gasteiger partial charge < -0.3 is 14.6 Å². The van der Waals surface area contributed by atoms with Gasteiger partial charge in [-0.3, -0.25) is 4.79 Å². The standard InChI is InChI=1S/C20H20FN3O2/c21-16-7-5-14(6-8-16)18(23-20(25)15-9-10-26-12-15)11-24-13-22-17-3-1-2-4-19(17)24/h1-8,13,15,18H,9-12H2,(H,23,25)/t15-,18-/m1/s1. The number of halogens is 1. The van der Waals surface area contributed by atoms with Crippen molar-refractivity contribution >= 4 is 16.9 Å². The number of nitrogens with one attached hydrogen (secondary N) is 1. The maximum absolute atomic E-state index is 13.3. The number of carbonyl (C=O) groups is 1. The summed E-state index contributed by atoms with van der Waals surface area (Å²) in [5, 5.41) is 3.11. The van der Waals surface area contributed by atoms with Crippen LogP contribution in [0.15, 0.2) is 54.9 Å². The highest BCUT2D eigenvalue weighted by Gasteiger charge is 2.26. The van der Waals surface area contributed by atoms with Crippen molar-refractivity contribution in [2.24, 2.45) is 5.92 Å². The van der Waals surface area contributed by atoms with Crippen LogP contribution in [0.5, 0.6) is 0 Å². The number of nitrogens with zero attached hydrogens (tertiary/aromatic N) is 2. The van der Waals surface area contributed by atoms with Gasteiger partial charge in [0.15, 0.2) is 0 Å².